The highest BCUT2D eigenvalue weighted by atomic mass is 35.5. The second-order valence-corrected chi connectivity index (χ2v) is 7.16. The van der Waals surface area contributed by atoms with E-state index in [0.717, 1.165) is 46.7 Å². The Morgan fingerprint density at radius 3 is 2.48 bits per heavy atom. The van der Waals surface area contributed by atoms with Crippen molar-refractivity contribution in [3.05, 3.63) is 23.4 Å². The van der Waals surface area contributed by atoms with Crippen LogP contribution in [-0.4, -0.2) is 33.1 Å². The number of aromatic nitrogens is 4. The van der Waals surface area contributed by atoms with Crippen LogP contribution >= 0.6 is 24.8 Å². The highest BCUT2D eigenvalue weighted by molar-refractivity contribution is 5.85. The zero-order chi connectivity index (χ0) is 16.0. The van der Waals surface area contributed by atoms with Gasteiger partial charge in [-0.15, -0.1) is 35.0 Å². The third kappa shape index (κ3) is 3.76. The first-order chi connectivity index (χ1) is 11.1. The van der Waals surface area contributed by atoms with E-state index in [2.05, 4.69) is 26.7 Å². The van der Waals surface area contributed by atoms with Gasteiger partial charge >= 0.3 is 0 Å². The second kappa shape index (κ2) is 7.89. The highest BCUT2D eigenvalue weighted by Crippen LogP contribution is 2.40. The van der Waals surface area contributed by atoms with E-state index < -0.39 is 0 Å². The summed E-state index contributed by atoms with van der Waals surface area (Å²) < 4.78 is 1.85. The molecule has 6 nitrogen and oxygen atoms in total. The fraction of sp³-hybridized carbons (Fsp3) is 0.588. The van der Waals surface area contributed by atoms with Gasteiger partial charge in [-0.2, -0.15) is 5.10 Å². The molecule has 1 saturated heterocycles. The number of nitrogens with two attached hydrogens (primary N) is 1. The van der Waals surface area contributed by atoms with Crippen LogP contribution < -0.4 is 11.1 Å². The van der Waals surface area contributed by atoms with Crippen LogP contribution in [0.1, 0.15) is 24.0 Å². The lowest BCUT2D eigenvalue weighted by atomic mass is 9.96. The summed E-state index contributed by atoms with van der Waals surface area (Å²) in [5, 5.41) is 16.3. The van der Waals surface area contributed by atoms with E-state index in [4.69, 9.17) is 5.73 Å². The normalized spacial score (nSPS) is 24.5. The number of fused-ring (bicyclic) bond motifs is 1. The van der Waals surface area contributed by atoms with E-state index in [1.807, 2.05) is 24.9 Å². The molecule has 0 radical (unpaired) electrons. The molecule has 3 N–H and O–H groups in total. The van der Waals surface area contributed by atoms with Crippen LogP contribution in [0, 0.1) is 24.7 Å². The summed E-state index contributed by atoms with van der Waals surface area (Å²) in [6.07, 6.45) is 5.48. The molecule has 4 rings (SSSR count). The standard InChI is InChI=1S/C17H24N6.2ClH/c1-10-7-20-23(2)16(10)15-6-12(17(18)22-21-15)3-11-4-13-8-19-9-14(13)5-11;;/h6-7,11,13-14,19H,3-5,8-9H2,1-2H3,(H2,18,22);2*1H/t11?,13-,14+;;. The van der Waals surface area contributed by atoms with Crippen molar-refractivity contribution in [3.8, 4) is 11.4 Å². The number of nitrogens with zero attached hydrogens (tertiary/aromatic N) is 4. The summed E-state index contributed by atoms with van der Waals surface area (Å²) in [4.78, 5) is 0. The lowest BCUT2D eigenvalue weighted by Gasteiger charge is -2.13. The quantitative estimate of drug-likeness (QED) is 0.848. The summed E-state index contributed by atoms with van der Waals surface area (Å²) >= 11 is 0. The van der Waals surface area contributed by atoms with E-state index in [9.17, 15) is 0 Å². The Kier molecular flexibility index (Phi) is 6.30. The minimum atomic E-state index is 0. The van der Waals surface area contributed by atoms with Gasteiger partial charge in [-0.1, -0.05) is 0 Å². The fourth-order valence-electron chi connectivity index (χ4n) is 4.40. The number of anilines is 1. The van der Waals surface area contributed by atoms with Crippen molar-refractivity contribution < 1.29 is 0 Å². The molecule has 8 heteroatoms. The number of hydrogen-bond donors (Lipinski definition) is 2. The Morgan fingerprint density at radius 2 is 1.88 bits per heavy atom. The monoisotopic (exact) mass is 384 g/mol. The highest BCUT2D eigenvalue weighted by Gasteiger charge is 2.37. The van der Waals surface area contributed by atoms with Gasteiger partial charge in [-0.25, -0.2) is 0 Å². The molecule has 2 fully saturated rings. The number of aryl methyl sites for hydroxylation is 2. The first-order valence-corrected chi connectivity index (χ1v) is 8.43. The molecule has 2 aliphatic rings. The third-order valence-electron chi connectivity index (χ3n) is 5.53. The van der Waals surface area contributed by atoms with Crippen LogP contribution in [0.15, 0.2) is 12.3 Å². The Morgan fingerprint density at radius 1 is 1.20 bits per heavy atom. The van der Waals surface area contributed by atoms with Crippen LogP contribution in [0.3, 0.4) is 0 Å². The molecular weight excluding hydrogens is 359 g/mol. The van der Waals surface area contributed by atoms with Crippen molar-refractivity contribution >= 4 is 30.6 Å². The van der Waals surface area contributed by atoms with Crippen molar-refractivity contribution in [3.63, 3.8) is 0 Å². The number of nitrogens with one attached hydrogen (secondary N) is 1. The smallest absolute Gasteiger partial charge is 0.149 e. The Bertz CT molecular complexity index is 700. The Labute approximate surface area is 160 Å². The van der Waals surface area contributed by atoms with E-state index >= 15 is 0 Å². The third-order valence-corrected chi connectivity index (χ3v) is 5.53. The second-order valence-electron chi connectivity index (χ2n) is 7.16. The lowest BCUT2D eigenvalue weighted by Crippen LogP contribution is -2.14. The van der Waals surface area contributed by atoms with Crippen molar-refractivity contribution in [1.82, 2.24) is 25.3 Å². The van der Waals surface area contributed by atoms with Crippen LogP contribution in [0.2, 0.25) is 0 Å². The molecule has 0 bridgehead atoms. The molecule has 1 saturated carbocycles. The molecule has 2 aromatic rings. The summed E-state index contributed by atoms with van der Waals surface area (Å²) in [5.74, 6) is 3.01. The van der Waals surface area contributed by atoms with E-state index in [-0.39, 0.29) is 24.8 Å². The molecule has 3 heterocycles. The number of halogens is 2. The number of hydrogen-bond acceptors (Lipinski definition) is 5. The molecule has 2 aromatic heterocycles. The molecule has 3 atom stereocenters. The van der Waals surface area contributed by atoms with Crippen molar-refractivity contribution in [1.29, 1.82) is 0 Å². The van der Waals surface area contributed by atoms with Gasteiger partial charge in [0.1, 0.15) is 11.5 Å². The largest absolute Gasteiger partial charge is 0.382 e. The van der Waals surface area contributed by atoms with Gasteiger partial charge in [-0.3, -0.25) is 4.68 Å². The first-order valence-electron chi connectivity index (χ1n) is 8.43. The average molecular weight is 385 g/mol. The van der Waals surface area contributed by atoms with Gasteiger partial charge in [0.15, 0.2) is 0 Å². The van der Waals surface area contributed by atoms with Crippen LogP contribution in [-0.2, 0) is 13.5 Å². The van der Waals surface area contributed by atoms with Crippen LogP contribution in [0.5, 0.6) is 0 Å². The molecule has 0 amide bonds. The van der Waals surface area contributed by atoms with Gasteiger partial charge in [0.2, 0.25) is 0 Å². The molecule has 25 heavy (non-hydrogen) atoms. The summed E-state index contributed by atoms with van der Waals surface area (Å²) in [5.41, 5.74) is 10.2. The first kappa shape index (κ1) is 19.9. The molecule has 1 aliphatic carbocycles. The molecule has 0 spiro atoms. The van der Waals surface area contributed by atoms with Crippen LogP contribution in [0.4, 0.5) is 5.82 Å². The van der Waals surface area contributed by atoms with Crippen molar-refractivity contribution in [2.24, 2.45) is 24.8 Å². The maximum absolute atomic E-state index is 6.10. The molecular formula is C17H26Cl2N6. The minimum Gasteiger partial charge on any atom is -0.382 e. The van der Waals surface area contributed by atoms with Gasteiger partial charge < -0.3 is 11.1 Å². The van der Waals surface area contributed by atoms with E-state index in [1.54, 1.807) is 0 Å². The molecule has 1 unspecified atom stereocenters. The van der Waals surface area contributed by atoms with Crippen molar-refractivity contribution in [2.75, 3.05) is 18.8 Å². The molecule has 138 valence electrons. The minimum absolute atomic E-state index is 0. The van der Waals surface area contributed by atoms with Crippen molar-refractivity contribution in [2.45, 2.75) is 26.2 Å². The zero-order valence-corrected chi connectivity index (χ0v) is 16.2. The zero-order valence-electron chi connectivity index (χ0n) is 14.6. The summed E-state index contributed by atoms with van der Waals surface area (Å²) in [6.45, 7) is 4.42. The van der Waals surface area contributed by atoms with Gasteiger partial charge in [0.25, 0.3) is 0 Å². The Balaban J connectivity index is 0.00000113. The van der Waals surface area contributed by atoms with E-state index in [0.29, 0.717) is 5.82 Å². The SMILES string of the molecule is Cc1cnn(C)c1-c1cc(CC2C[C@H]3CNC[C@H]3C2)c(N)nn1.Cl.Cl. The predicted octanol–water partition coefficient (Wildman–Crippen LogP) is 2.40. The number of nitrogen functional groups attached to an aromatic ring is 1. The average Bonchev–Trinajstić information content (AvgIpc) is 3.17. The van der Waals surface area contributed by atoms with Gasteiger partial charge in [0.05, 0.1) is 11.9 Å². The molecule has 1 aliphatic heterocycles. The fourth-order valence-corrected chi connectivity index (χ4v) is 4.40. The molecule has 0 aromatic carbocycles. The number of rotatable bonds is 3. The summed E-state index contributed by atoms with van der Waals surface area (Å²) in [7, 11) is 1.94. The van der Waals surface area contributed by atoms with E-state index in [1.165, 1.54) is 25.9 Å². The summed E-state index contributed by atoms with van der Waals surface area (Å²) in [6, 6.07) is 2.11. The lowest BCUT2D eigenvalue weighted by molar-refractivity contribution is 0.490. The maximum Gasteiger partial charge on any atom is 0.149 e. The maximum atomic E-state index is 6.10. The Hall–Kier alpha value is -1.37. The van der Waals surface area contributed by atoms with Crippen LogP contribution in [0.25, 0.3) is 11.4 Å². The predicted molar refractivity (Wildman–Crippen MR) is 104 cm³/mol. The van der Waals surface area contributed by atoms with Gasteiger partial charge in [0, 0.05) is 7.05 Å². The van der Waals surface area contributed by atoms with Gasteiger partial charge in [-0.05, 0) is 74.2 Å². The topological polar surface area (TPSA) is 81.7 Å².